The second-order valence-electron chi connectivity index (χ2n) is 10.5. The van der Waals surface area contributed by atoms with E-state index in [0.717, 1.165) is 48.2 Å². The zero-order chi connectivity index (χ0) is 27.3. The van der Waals surface area contributed by atoms with Crippen molar-refractivity contribution in [1.82, 2.24) is 4.31 Å². The van der Waals surface area contributed by atoms with Crippen LogP contribution >= 0.6 is 0 Å². The summed E-state index contributed by atoms with van der Waals surface area (Å²) in [6.07, 6.45) is 5.92. The van der Waals surface area contributed by atoms with Crippen molar-refractivity contribution in [1.29, 1.82) is 0 Å². The van der Waals surface area contributed by atoms with Gasteiger partial charge in [-0.2, -0.15) is 4.31 Å². The molecule has 0 unspecified atom stereocenters. The van der Waals surface area contributed by atoms with Crippen molar-refractivity contribution in [2.75, 3.05) is 27.1 Å². The van der Waals surface area contributed by atoms with Gasteiger partial charge >= 0.3 is 0 Å². The number of benzene rings is 2. The highest BCUT2D eigenvalue weighted by atomic mass is 32.2. The Morgan fingerprint density at radius 2 is 1.45 bits per heavy atom. The Morgan fingerprint density at radius 1 is 0.921 bits per heavy atom. The molecule has 1 fully saturated rings. The van der Waals surface area contributed by atoms with Gasteiger partial charge in [-0.1, -0.05) is 37.3 Å². The summed E-state index contributed by atoms with van der Waals surface area (Å²) in [7, 11) is 1.34. The molecule has 2 aliphatic rings. The molecule has 0 bridgehead atoms. The fraction of sp³-hybridized carbons (Fsp3) is 0.500. The predicted octanol–water partition coefficient (Wildman–Crippen LogP) is 4.86. The number of sulfonamides is 1. The molecule has 4 rings (SSSR count). The zero-order valence-electron chi connectivity index (χ0n) is 22.7. The molecule has 0 amide bonds. The molecule has 2 aromatic carbocycles. The normalized spacial score (nSPS) is 22.6. The Labute approximate surface area is 226 Å². The number of aldehydes is 1. The van der Waals surface area contributed by atoms with E-state index in [1.165, 1.54) is 5.57 Å². The summed E-state index contributed by atoms with van der Waals surface area (Å²) in [5, 5.41) is 0. The van der Waals surface area contributed by atoms with Gasteiger partial charge in [-0.05, 0) is 78.0 Å². The lowest BCUT2D eigenvalue weighted by Gasteiger charge is -2.43. The first-order valence-corrected chi connectivity index (χ1v) is 14.8. The van der Waals surface area contributed by atoms with Crippen LogP contribution in [0.5, 0.6) is 11.5 Å². The average molecular weight is 542 g/mol. The molecule has 7 nitrogen and oxygen atoms in total. The highest BCUT2D eigenvalue weighted by Crippen LogP contribution is 2.44. The summed E-state index contributed by atoms with van der Waals surface area (Å²) in [5.41, 5.74) is 3.00. The standard InChI is InChI=1S/C30H39NO6S/c1-21(25-15-26(16-25)30(37-4)29-14-9-24(29)19-32)20-38(33,34)31(17-22-5-10-27(35-2)11-6-22)18-23-7-12-28(36-3)13-8-23/h5-8,10-13,15,19,21,24-25,29-30H,9,14,16-18,20H2,1-4H3/t21-,24+,25+,29-,30+/m1/s1. The van der Waals surface area contributed by atoms with Gasteiger partial charge in [0.25, 0.3) is 0 Å². The van der Waals surface area contributed by atoms with Crippen LogP contribution in [0.2, 0.25) is 0 Å². The first-order valence-electron chi connectivity index (χ1n) is 13.2. The van der Waals surface area contributed by atoms with E-state index in [9.17, 15) is 13.2 Å². The van der Waals surface area contributed by atoms with Gasteiger partial charge in [0.2, 0.25) is 10.0 Å². The third-order valence-electron chi connectivity index (χ3n) is 8.10. The SMILES string of the molecule is COc1ccc(CN(Cc2ccc(OC)cc2)S(=O)(=O)C[C@@H](C)[C@H]2C=C([C@H](OC)[C@@H]3CC[C@H]3C=O)C2)cc1. The highest BCUT2D eigenvalue weighted by Gasteiger charge is 2.42. The lowest BCUT2D eigenvalue weighted by Crippen LogP contribution is -2.42. The summed E-state index contributed by atoms with van der Waals surface area (Å²) < 4.78 is 45.3. The molecule has 2 aliphatic carbocycles. The van der Waals surface area contributed by atoms with Crippen LogP contribution in [-0.2, 0) is 32.6 Å². The molecule has 0 aliphatic heterocycles. The lowest BCUT2D eigenvalue weighted by atomic mass is 9.65. The van der Waals surface area contributed by atoms with Crippen LogP contribution in [0.3, 0.4) is 0 Å². The molecule has 0 spiro atoms. The first-order chi connectivity index (χ1) is 18.3. The summed E-state index contributed by atoms with van der Waals surface area (Å²) in [4.78, 5) is 11.3. The molecular formula is C30H39NO6S. The van der Waals surface area contributed by atoms with E-state index >= 15 is 0 Å². The first kappa shape index (κ1) is 28.3. The van der Waals surface area contributed by atoms with Crippen molar-refractivity contribution in [2.45, 2.75) is 45.4 Å². The van der Waals surface area contributed by atoms with Crippen LogP contribution in [0.4, 0.5) is 0 Å². The van der Waals surface area contributed by atoms with Gasteiger partial charge in [-0.25, -0.2) is 8.42 Å². The number of hydrogen-bond donors (Lipinski definition) is 0. The third kappa shape index (κ3) is 6.47. The fourth-order valence-corrected chi connectivity index (χ4v) is 7.28. The summed E-state index contributed by atoms with van der Waals surface area (Å²) in [6, 6.07) is 15.0. The number of carbonyl (C=O) groups is 1. The van der Waals surface area contributed by atoms with E-state index in [0.29, 0.717) is 0 Å². The molecule has 0 N–H and O–H groups in total. The van der Waals surface area contributed by atoms with Gasteiger partial charge in [0.05, 0.1) is 26.1 Å². The van der Waals surface area contributed by atoms with Crippen molar-refractivity contribution in [3.05, 3.63) is 71.3 Å². The van der Waals surface area contributed by atoms with E-state index in [1.807, 2.05) is 55.5 Å². The maximum atomic E-state index is 13.7. The maximum Gasteiger partial charge on any atom is 0.214 e. The number of nitrogens with zero attached hydrogens (tertiary/aromatic N) is 1. The molecule has 0 aromatic heterocycles. The van der Waals surface area contributed by atoms with Crippen molar-refractivity contribution in [3.63, 3.8) is 0 Å². The third-order valence-corrected chi connectivity index (χ3v) is 10.1. The number of allylic oxidation sites excluding steroid dienone is 1. The van der Waals surface area contributed by atoms with E-state index in [-0.39, 0.29) is 48.6 Å². The largest absolute Gasteiger partial charge is 0.497 e. The van der Waals surface area contributed by atoms with E-state index < -0.39 is 10.0 Å². The van der Waals surface area contributed by atoms with Gasteiger partial charge < -0.3 is 19.0 Å². The topological polar surface area (TPSA) is 82.1 Å². The van der Waals surface area contributed by atoms with E-state index in [1.54, 1.807) is 25.6 Å². The quantitative estimate of drug-likeness (QED) is 0.251. The molecule has 5 atom stereocenters. The summed E-state index contributed by atoms with van der Waals surface area (Å²) in [6.45, 7) is 2.56. The number of hydrogen-bond acceptors (Lipinski definition) is 6. The molecule has 2 aromatic rings. The van der Waals surface area contributed by atoms with Gasteiger partial charge in [-0.15, -0.1) is 0 Å². The average Bonchev–Trinajstić information content (AvgIpc) is 2.87. The minimum absolute atomic E-state index is 0.0411. The Balaban J connectivity index is 1.47. The van der Waals surface area contributed by atoms with Gasteiger partial charge in [0.15, 0.2) is 0 Å². The molecule has 0 saturated heterocycles. The molecule has 0 heterocycles. The minimum atomic E-state index is -3.57. The predicted molar refractivity (Wildman–Crippen MR) is 147 cm³/mol. The lowest BCUT2D eigenvalue weighted by molar-refractivity contribution is -0.119. The number of ether oxygens (including phenoxy) is 3. The van der Waals surface area contributed by atoms with Gasteiger partial charge in [-0.3, -0.25) is 0 Å². The van der Waals surface area contributed by atoms with Crippen LogP contribution in [0.25, 0.3) is 0 Å². The Hall–Kier alpha value is -2.68. The molecule has 38 heavy (non-hydrogen) atoms. The zero-order valence-corrected chi connectivity index (χ0v) is 23.5. The summed E-state index contributed by atoms with van der Waals surface area (Å²) >= 11 is 0. The van der Waals surface area contributed by atoms with Crippen molar-refractivity contribution in [2.24, 2.45) is 23.7 Å². The van der Waals surface area contributed by atoms with Crippen molar-refractivity contribution < 1.29 is 27.4 Å². The monoisotopic (exact) mass is 541 g/mol. The highest BCUT2D eigenvalue weighted by molar-refractivity contribution is 7.89. The number of carbonyl (C=O) groups excluding carboxylic acids is 1. The molecule has 206 valence electrons. The van der Waals surface area contributed by atoms with Crippen LogP contribution in [0.15, 0.2) is 60.2 Å². The van der Waals surface area contributed by atoms with Crippen molar-refractivity contribution in [3.8, 4) is 11.5 Å². The van der Waals surface area contributed by atoms with Gasteiger partial charge in [0.1, 0.15) is 17.8 Å². The van der Waals surface area contributed by atoms with Crippen LogP contribution < -0.4 is 9.47 Å². The Kier molecular flexibility index (Phi) is 9.28. The van der Waals surface area contributed by atoms with Crippen LogP contribution in [0, 0.1) is 23.7 Å². The molecule has 0 radical (unpaired) electrons. The van der Waals surface area contributed by atoms with Gasteiger partial charge in [0, 0.05) is 26.1 Å². The smallest absolute Gasteiger partial charge is 0.214 e. The van der Waals surface area contributed by atoms with Crippen molar-refractivity contribution >= 4 is 16.3 Å². The number of rotatable bonds is 14. The second-order valence-corrected chi connectivity index (χ2v) is 12.5. The maximum absolute atomic E-state index is 13.7. The van der Waals surface area contributed by atoms with E-state index in [2.05, 4.69) is 6.08 Å². The Bertz CT molecular complexity index is 1160. The van der Waals surface area contributed by atoms with Crippen LogP contribution in [0.1, 0.15) is 37.3 Å². The Morgan fingerprint density at radius 3 is 1.84 bits per heavy atom. The molecule has 1 saturated carbocycles. The van der Waals surface area contributed by atoms with E-state index in [4.69, 9.17) is 14.2 Å². The van der Waals surface area contributed by atoms with Crippen LogP contribution in [-0.4, -0.2) is 52.2 Å². The number of methoxy groups -OCH3 is 3. The minimum Gasteiger partial charge on any atom is -0.497 e. The molecule has 8 heteroatoms. The second kappa shape index (κ2) is 12.5. The molecular weight excluding hydrogens is 502 g/mol. The fourth-order valence-electron chi connectivity index (χ4n) is 5.47. The summed E-state index contributed by atoms with van der Waals surface area (Å²) in [5.74, 6) is 1.97.